The van der Waals surface area contributed by atoms with Gasteiger partial charge in [0.2, 0.25) is 0 Å². The van der Waals surface area contributed by atoms with Crippen molar-refractivity contribution >= 4 is 63.5 Å². The molecule has 0 saturated carbocycles. The van der Waals surface area contributed by atoms with Crippen LogP contribution in [0.3, 0.4) is 0 Å². The minimum atomic E-state index is -0.670. The van der Waals surface area contributed by atoms with E-state index in [-0.39, 0.29) is 10.0 Å². The molecule has 0 bridgehead atoms. The van der Waals surface area contributed by atoms with E-state index in [1.54, 1.807) is 6.07 Å². The van der Waals surface area contributed by atoms with Crippen LogP contribution in [0.4, 0.5) is 21.5 Å². The lowest BCUT2D eigenvalue weighted by Gasteiger charge is -2.12. The number of halogens is 5. The molecule has 0 fully saturated rings. The van der Waals surface area contributed by atoms with Crippen molar-refractivity contribution in [3.63, 3.8) is 0 Å². The second-order valence-corrected chi connectivity index (χ2v) is 5.36. The topological polar surface area (TPSA) is 38.0 Å². The largest absolute Gasteiger partial charge is 0.397 e. The number of hydrogen-bond acceptors (Lipinski definition) is 2. The number of nitrogens with one attached hydrogen (secondary N) is 1. The molecule has 0 aliphatic carbocycles. The minimum absolute atomic E-state index is 0.0892. The third-order valence-corrected chi connectivity index (χ3v) is 3.63. The average Bonchev–Trinajstić information content (AvgIpc) is 2.33. The van der Waals surface area contributed by atoms with Crippen molar-refractivity contribution in [1.82, 2.24) is 0 Å². The Hall–Kier alpha value is -0.870. The third kappa shape index (κ3) is 3.18. The molecular formula is C12H7Cl4FN2. The van der Waals surface area contributed by atoms with Crippen molar-refractivity contribution in [3.05, 3.63) is 50.2 Å². The molecule has 0 heterocycles. The molecule has 2 nitrogen and oxygen atoms in total. The fraction of sp³-hybridized carbons (Fsp3) is 0. The Morgan fingerprint density at radius 2 is 1.37 bits per heavy atom. The molecule has 0 spiro atoms. The van der Waals surface area contributed by atoms with Gasteiger partial charge in [-0.2, -0.15) is 0 Å². The highest BCUT2D eigenvalue weighted by atomic mass is 35.5. The Kier molecular flexibility index (Phi) is 4.31. The van der Waals surface area contributed by atoms with Crippen molar-refractivity contribution in [2.45, 2.75) is 0 Å². The Balaban J connectivity index is 2.39. The maximum Gasteiger partial charge on any atom is 0.160 e. The molecule has 2 aromatic rings. The SMILES string of the molecule is Nc1cc(Cl)c(Cl)cc1Nc1cc(Cl)c(F)c(Cl)c1. The predicted molar refractivity (Wildman–Crippen MR) is 80.6 cm³/mol. The average molecular weight is 340 g/mol. The summed E-state index contributed by atoms with van der Waals surface area (Å²) < 4.78 is 13.3. The summed E-state index contributed by atoms with van der Waals surface area (Å²) >= 11 is 23.1. The number of hydrogen-bond donors (Lipinski definition) is 2. The van der Waals surface area contributed by atoms with Gasteiger partial charge >= 0.3 is 0 Å². The zero-order valence-electron chi connectivity index (χ0n) is 9.28. The monoisotopic (exact) mass is 338 g/mol. The first-order valence-corrected chi connectivity index (χ1v) is 6.55. The molecule has 7 heteroatoms. The second-order valence-electron chi connectivity index (χ2n) is 3.73. The normalized spacial score (nSPS) is 10.6. The Morgan fingerprint density at radius 1 is 0.842 bits per heavy atom. The zero-order chi connectivity index (χ0) is 14.2. The van der Waals surface area contributed by atoms with Gasteiger partial charge in [-0.05, 0) is 24.3 Å². The summed E-state index contributed by atoms with van der Waals surface area (Å²) in [7, 11) is 0. The summed E-state index contributed by atoms with van der Waals surface area (Å²) in [6.45, 7) is 0. The van der Waals surface area contributed by atoms with Gasteiger partial charge < -0.3 is 11.1 Å². The summed E-state index contributed by atoms with van der Waals surface area (Å²) in [5.41, 5.74) is 7.20. The quantitative estimate of drug-likeness (QED) is 0.538. The van der Waals surface area contributed by atoms with Crippen LogP contribution in [0, 0.1) is 5.82 Å². The maximum absolute atomic E-state index is 13.3. The molecule has 2 aromatic carbocycles. The lowest BCUT2D eigenvalue weighted by atomic mass is 10.2. The van der Waals surface area contributed by atoms with Gasteiger partial charge in [0, 0.05) is 5.69 Å². The van der Waals surface area contributed by atoms with E-state index in [0.717, 1.165) is 0 Å². The molecule has 2 rings (SSSR count). The van der Waals surface area contributed by atoms with E-state index in [1.165, 1.54) is 18.2 Å². The Labute approximate surface area is 129 Å². The van der Waals surface area contributed by atoms with Crippen LogP contribution in [0.5, 0.6) is 0 Å². The van der Waals surface area contributed by atoms with Crippen LogP contribution in [0.2, 0.25) is 20.1 Å². The molecule has 19 heavy (non-hydrogen) atoms. The van der Waals surface area contributed by atoms with Gasteiger partial charge in [-0.3, -0.25) is 0 Å². The van der Waals surface area contributed by atoms with Gasteiger partial charge in [-0.25, -0.2) is 4.39 Å². The second kappa shape index (κ2) is 5.63. The van der Waals surface area contributed by atoms with E-state index in [0.29, 0.717) is 27.1 Å². The van der Waals surface area contributed by atoms with E-state index >= 15 is 0 Å². The smallest absolute Gasteiger partial charge is 0.160 e. The van der Waals surface area contributed by atoms with E-state index in [1.807, 2.05) is 0 Å². The molecule has 0 saturated heterocycles. The first kappa shape index (κ1) is 14.5. The van der Waals surface area contributed by atoms with Gasteiger partial charge in [0.25, 0.3) is 0 Å². The molecule has 0 unspecified atom stereocenters. The van der Waals surface area contributed by atoms with Crippen LogP contribution in [-0.4, -0.2) is 0 Å². The molecule has 100 valence electrons. The number of nitrogens with two attached hydrogens (primary N) is 1. The van der Waals surface area contributed by atoms with Crippen LogP contribution in [0.1, 0.15) is 0 Å². The molecule has 0 aliphatic heterocycles. The van der Waals surface area contributed by atoms with Gasteiger partial charge in [0.15, 0.2) is 5.82 Å². The van der Waals surface area contributed by atoms with Gasteiger partial charge in [0.1, 0.15) is 0 Å². The van der Waals surface area contributed by atoms with Crippen LogP contribution in [-0.2, 0) is 0 Å². The van der Waals surface area contributed by atoms with Gasteiger partial charge in [-0.1, -0.05) is 46.4 Å². The highest BCUT2D eigenvalue weighted by Crippen LogP contribution is 2.34. The Bertz CT molecular complexity index is 623. The summed E-state index contributed by atoms with van der Waals surface area (Å²) in [5, 5.41) is 3.46. The zero-order valence-corrected chi connectivity index (χ0v) is 12.3. The fourth-order valence-corrected chi connectivity index (χ4v) is 2.28. The summed E-state index contributed by atoms with van der Waals surface area (Å²) in [6, 6.07) is 5.86. The van der Waals surface area contributed by atoms with Crippen LogP contribution in [0.25, 0.3) is 0 Å². The predicted octanol–water partition coefficient (Wildman–Crippen LogP) is 5.77. The lowest BCUT2D eigenvalue weighted by molar-refractivity contribution is 0.629. The summed E-state index contributed by atoms with van der Waals surface area (Å²) in [5.74, 6) is -0.670. The molecule has 0 aliphatic rings. The standard InChI is InChI=1S/C12H7Cl4FN2/c13-6-3-10(18)11(4-7(6)14)19-5-1-8(15)12(17)9(16)2-5/h1-4,19H,18H2. The maximum atomic E-state index is 13.3. The van der Waals surface area contributed by atoms with E-state index in [4.69, 9.17) is 52.1 Å². The van der Waals surface area contributed by atoms with Crippen molar-refractivity contribution in [3.8, 4) is 0 Å². The first-order valence-electron chi connectivity index (χ1n) is 5.04. The Morgan fingerprint density at radius 3 is 1.95 bits per heavy atom. The fourth-order valence-electron chi connectivity index (χ4n) is 1.45. The molecule has 0 amide bonds. The van der Waals surface area contributed by atoms with E-state index in [2.05, 4.69) is 5.32 Å². The highest BCUT2D eigenvalue weighted by Gasteiger charge is 2.10. The minimum Gasteiger partial charge on any atom is -0.397 e. The molecule has 0 radical (unpaired) electrons. The van der Waals surface area contributed by atoms with Crippen molar-refractivity contribution in [1.29, 1.82) is 0 Å². The first-order chi connectivity index (χ1) is 8.88. The van der Waals surface area contributed by atoms with E-state index in [9.17, 15) is 4.39 Å². The van der Waals surface area contributed by atoms with Gasteiger partial charge in [-0.15, -0.1) is 0 Å². The molecule has 3 N–H and O–H groups in total. The summed E-state index contributed by atoms with van der Waals surface area (Å²) in [4.78, 5) is 0. The molecule has 0 atom stereocenters. The number of anilines is 3. The highest BCUT2D eigenvalue weighted by molar-refractivity contribution is 6.42. The molecular weight excluding hydrogens is 333 g/mol. The van der Waals surface area contributed by atoms with Crippen LogP contribution < -0.4 is 11.1 Å². The van der Waals surface area contributed by atoms with Crippen molar-refractivity contribution in [2.75, 3.05) is 11.1 Å². The lowest BCUT2D eigenvalue weighted by Crippen LogP contribution is -1.97. The summed E-state index contributed by atoms with van der Waals surface area (Å²) in [6.07, 6.45) is 0. The number of nitrogen functional groups attached to an aromatic ring is 1. The van der Waals surface area contributed by atoms with Crippen LogP contribution in [0.15, 0.2) is 24.3 Å². The third-order valence-electron chi connectivity index (χ3n) is 2.36. The number of benzene rings is 2. The van der Waals surface area contributed by atoms with Crippen LogP contribution >= 0.6 is 46.4 Å². The van der Waals surface area contributed by atoms with Crippen molar-refractivity contribution in [2.24, 2.45) is 0 Å². The number of rotatable bonds is 2. The van der Waals surface area contributed by atoms with Crippen molar-refractivity contribution < 1.29 is 4.39 Å². The molecule has 0 aromatic heterocycles. The van der Waals surface area contributed by atoms with Gasteiger partial charge in [0.05, 0.1) is 31.5 Å². The van der Waals surface area contributed by atoms with E-state index < -0.39 is 5.82 Å².